The van der Waals surface area contributed by atoms with Crippen molar-refractivity contribution in [2.24, 2.45) is 0 Å². The van der Waals surface area contributed by atoms with Gasteiger partial charge in [-0.05, 0) is 31.3 Å². The second-order valence-electron chi connectivity index (χ2n) is 7.20. The molecule has 1 amide bonds. The first kappa shape index (κ1) is 22.0. The van der Waals surface area contributed by atoms with Crippen LogP contribution >= 0.6 is 11.3 Å². The molecule has 0 radical (unpaired) electrons. The van der Waals surface area contributed by atoms with Crippen molar-refractivity contribution in [3.8, 4) is 0 Å². The van der Waals surface area contributed by atoms with Gasteiger partial charge in [0.25, 0.3) is 5.91 Å². The van der Waals surface area contributed by atoms with E-state index < -0.39 is 23.2 Å². The molecule has 6 nitrogen and oxygen atoms in total. The van der Waals surface area contributed by atoms with E-state index in [0.29, 0.717) is 17.5 Å². The van der Waals surface area contributed by atoms with E-state index >= 15 is 0 Å². The van der Waals surface area contributed by atoms with Gasteiger partial charge in [-0.25, -0.2) is 18.6 Å². The highest BCUT2D eigenvalue weighted by Crippen LogP contribution is 2.32. The van der Waals surface area contributed by atoms with Crippen LogP contribution in [0.2, 0.25) is 0 Å². The number of likely N-dealkylation sites (N-methyl/N-ethyl adjacent to an activating group) is 1. The number of hydrogen-bond donors (Lipinski definition) is 0. The third-order valence-corrected chi connectivity index (χ3v) is 6.31. The van der Waals surface area contributed by atoms with Gasteiger partial charge in [-0.2, -0.15) is 0 Å². The van der Waals surface area contributed by atoms with Gasteiger partial charge in [-0.15, -0.1) is 0 Å². The Morgan fingerprint density at radius 2 is 1.84 bits per heavy atom. The van der Waals surface area contributed by atoms with E-state index in [1.54, 1.807) is 24.3 Å². The van der Waals surface area contributed by atoms with Crippen LogP contribution in [0.5, 0.6) is 0 Å². The van der Waals surface area contributed by atoms with Crippen LogP contribution in [0, 0.1) is 11.6 Å². The Balaban J connectivity index is 1.79. The maximum absolute atomic E-state index is 14.2. The van der Waals surface area contributed by atoms with E-state index in [-0.39, 0.29) is 27.5 Å². The average molecular weight is 458 g/mol. The summed E-state index contributed by atoms with van der Waals surface area (Å²) in [5.74, 6) is -2.12. The molecule has 166 valence electrons. The zero-order valence-electron chi connectivity index (χ0n) is 17.6. The van der Waals surface area contributed by atoms with Crippen LogP contribution in [0.3, 0.4) is 0 Å². The van der Waals surface area contributed by atoms with Crippen molar-refractivity contribution in [2.75, 3.05) is 31.1 Å². The molecule has 0 saturated heterocycles. The summed E-state index contributed by atoms with van der Waals surface area (Å²) in [7, 11) is 0. The highest BCUT2D eigenvalue weighted by molar-refractivity contribution is 7.22. The van der Waals surface area contributed by atoms with Gasteiger partial charge in [-0.1, -0.05) is 43.4 Å². The lowest BCUT2D eigenvalue weighted by Crippen LogP contribution is -2.40. The molecule has 32 heavy (non-hydrogen) atoms. The smallest absolute Gasteiger partial charge is 0.349 e. The fourth-order valence-electron chi connectivity index (χ4n) is 3.48. The van der Waals surface area contributed by atoms with Crippen molar-refractivity contribution in [1.29, 1.82) is 0 Å². The van der Waals surface area contributed by atoms with Crippen LogP contribution in [0.25, 0.3) is 21.2 Å². The minimum Gasteiger partial charge on any atom is -0.422 e. The third-order valence-electron chi connectivity index (χ3n) is 5.28. The first-order valence-corrected chi connectivity index (χ1v) is 11.1. The zero-order valence-corrected chi connectivity index (χ0v) is 18.4. The summed E-state index contributed by atoms with van der Waals surface area (Å²) in [6.07, 6.45) is 0. The molecule has 0 bridgehead atoms. The molecular formula is C23H21F2N3O3S. The van der Waals surface area contributed by atoms with Crippen molar-refractivity contribution in [2.45, 2.75) is 13.8 Å². The largest absolute Gasteiger partial charge is 0.422 e. The second kappa shape index (κ2) is 9.13. The summed E-state index contributed by atoms with van der Waals surface area (Å²) < 4.78 is 33.5. The van der Waals surface area contributed by atoms with Gasteiger partial charge < -0.3 is 9.32 Å². The highest BCUT2D eigenvalue weighted by atomic mass is 32.1. The molecular weight excluding hydrogens is 436 g/mol. The maximum Gasteiger partial charge on any atom is 0.349 e. The average Bonchev–Trinajstić information content (AvgIpc) is 3.20. The monoisotopic (exact) mass is 457 g/mol. The molecule has 0 spiro atoms. The first-order chi connectivity index (χ1) is 15.4. The number of thiazole rings is 1. The quantitative estimate of drug-likeness (QED) is 0.378. The number of amides is 1. The summed E-state index contributed by atoms with van der Waals surface area (Å²) >= 11 is 0.996. The van der Waals surface area contributed by atoms with Crippen molar-refractivity contribution >= 4 is 43.6 Å². The Morgan fingerprint density at radius 3 is 2.59 bits per heavy atom. The first-order valence-electron chi connectivity index (χ1n) is 10.2. The normalized spacial score (nSPS) is 11.5. The molecule has 0 atom stereocenters. The number of carbonyl (C=O) groups excluding carboxylic acids is 1. The number of rotatable bonds is 7. The summed E-state index contributed by atoms with van der Waals surface area (Å²) in [6.45, 7) is 6.29. The SMILES string of the molecule is CCN(CC)CCN(C(=O)c1cc2ccccc2oc1=O)c1nc2c(F)cc(F)cc2s1. The molecule has 0 aliphatic heterocycles. The fraction of sp³-hybridized carbons (Fsp3) is 0.261. The number of anilines is 1. The van der Waals surface area contributed by atoms with Gasteiger partial charge in [0.15, 0.2) is 10.9 Å². The van der Waals surface area contributed by atoms with Crippen LogP contribution < -0.4 is 10.5 Å². The Bertz CT molecular complexity index is 1350. The fourth-order valence-corrected chi connectivity index (χ4v) is 4.51. The standard InChI is InChI=1S/C23H21F2N3O3S/c1-3-27(4-2)9-10-28(23-26-20-17(25)12-15(24)13-19(20)32-23)21(29)16-11-14-7-5-6-8-18(14)31-22(16)30/h5-8,11-13H,3-4,9-10H2,1-2H3. The van der Waals surface area contributed by atoms with Crippen molar-refractivity contribution < 1.29 is 18.0 Å². The van der Waals surface area contributed by atoms with E-state index in [1.165, 1.54) is 17.0 Å². The van der Waals surface area contributed by atoms with Gasteiger partial charge in [-0.3, -0.25) is 9.69 Å². The van der Waals surface area contributed by atoms with Crippen molar-refractivity contribution in [3.63, 3.8) is 0 Å². The van der Waals surface area contributed by atoms with Gasteiger partial charge in [0.2, 0.25) is 0 Å². The lowest BCUT2D eigenvalue weighted by atomic mass is 10.1. The van der Waals surface area contributed by atoms with Crippen LogP contribution in [0.4, 0.5) is 13.9 Å². The summed E-state index contributed by atoms with van der Waals surface area (Å²) in [5, 5.41) is 0.797. The molecule has 0 aliphatic rings. The number of halogens is 2. The molecule has 0 fully saturated rings. The predicted octanol–water partition coefficient (Wildman–Crippen LogP) is 4.67. The highest BCUT2D eigenvalue weighted by Gasteiger charge is 2.26. The Labute approximate surface area is 186 Å². The van der Waals surface area contributed by atoms with Crippen molar-refractivity contribution in [3.05, 3.63) is 70.1 Å². The number of para-hydroxylation sites is 1. The molecule has 9 heteroatoms. The number of hydrogen-bond acceptors (Lipinski definition) is 6. The minimum atomic E-state index is -0.802. The van der Waals surface area contributed by atoms with Gasteiger partial charge in [0.05, 0.1) is 4.70 Å². The van der Waals surface area contributed by atoms with Crippen LogP contribution in [-0.4, -0.2) is 42.0 Å². The summed E-state index contributed by atoms with van der Waals surface area (Å²) in [5.41, 5.74) is -0.548. The number of benzene rings is 2. The topological polar surface area (TPSA) is 66.7 Å². The van der Waals surface area contributed by atoms with E-state index in [2.05, 4.69) is 9.88 Å². The maximum atomic E-state index is 14.2. The van der Waals surface area contributed by atoms with Crippen LogP contribution in [0.15, 0.2) is 51.7 Å². The Hall–Kier alpha value is -3.17. The zero-order chi connectivity index (χ0) is 22.8. The molecule has 0 N–H and O–H groups in total. The van der Waals surface area contributed by atoms with Crippen LogP contribution in [-0.2, 0) is 0 Å². The van der Waals surface area contributed by atoms with Gasteiger partial charge in [0.1, 0.15) is 22.5 Å². The number of fused-ring (bicyclic) bond motifs is 2. The molecule has 2 aromatic heterocycles. The van der Waals surface area contributed by atoms with E-state index in [0.717, 1.165) is 30.5 Å². The summed E-state index contributed by atoms with van der Waals surface area (Å²) in [6, 6.07) is 10.3. The Morgan fingerprint density at radius 1 is 1.09 bits per heavy atom. The van der Waals surface area contributed by atoms with Crippen LogP contribution in [0.1, 0.15) is 24.2 Å². The number of carbonyl (C=O) groups is 1. The lowest BCUT2D eigenvalue weighted by Gasteiger charge is -2.24. The molecule has 4 aromatic rings. The van der Waals surface area contributed by atoms with E-state index in [1.807, 2.05) is 13.8 Å². The van der Waals surface area contributed by atoms with E-state index in [9.17, 15) is 18.4 Å². The lowest BCUT2D eigenvalue weighted by molar-refractivity contribution is 0.0980. The molecule has 0 saturated carbocycles. The van der Waals surface area contributed by atoms with Gasteiger partial charge >= 0.3 is 5.63 Å². The third kappa shape index (κ3) is 4.26. The number of aromatic nitrogens is 1. The predicted molar refractivity (Wildman–Crippen MR) is 121 cm³/mol. The number of nitrogens with zero attached hydrogens (tertiary/aromatic N) is 3. The Kier molecular flexibility index (Phi) is 6.29. The van der Waals surface area contributed by atoms with E-state index in [4.69, 9.17) is 4.42 Å². The summed E-state index contributed by atoms with van der Waals surface area (Å²) in [4.78, 5) is 33.7. The van der Waals surface area contributed by atoms with Gasteiger partial charge in [0, 0.05) is 24.5 Å². The molecule has 0 aliphatic carbocycles. The van der Waals surface area contributed by atoms with Crippen molar-refractivity contribution in [1.82, 2.24) is 9.88 Å². The minimum absolute atomic E-state index is 0.0161. The molecule has 4 rings (SSSR count). The second-order valence-corrected chi connectivity index (χ2v) is 8.21. The molecule has 2 aromatic carbocycles. The molecule has 2 heterocycles. The molecule has 0 unspecified atom stereocenters.